The van der Waals surface area contributed by atoms with Gasteiger partial charge < -0.3 is 10.2 Å². The van der Waals surface area contributed by atoms with Crippen LogP contribution in [0, 0.1) is 12.7 Å². The van der Waals surface area contributed by atoms with Gasteiger partial charge in [-0.2, -0.15) is 0 Å². The van der Waals surface area contributed by atoms with Gasteiger partial charge in [-0.25, -0.2) is 9.37 Å². The van der Waals surface area contributed by atoms with Crippen molar-refractivity contribution >= 4 is 23.2 Å². The summed E-state index contributed by atoms with van der Waals surface area (Å²) in [6, 6.07) is 5.91. The highest BCUT2D eigenvalue weighted by molar-refractivity contribution is 7.09. The molecule has 0 unspecified atom stereocenters. The van der Waals surface area contributed by atoms with Crippen LogP contribution in [0.25, 0.3) is 0 Å². The molecule has 1 saturated heterocycles. The molecule has 0 bridgehead atoms. The fourth-order valence-electron chi connectivity index (χ4n) is 3.05. The predicted octanol–water partition coefficient (Wildman–Crippen LogP) is 1.59. The van der Waals surface area contributed by atoms with Gasteiger partial charge in [0.2, 0.25) is 11.8 Å². The van der Waals surface area contributed by atoms with Gasteiger partial charge in [0.1, 0.15) is 5.82 Å². The first kappa shape index (κ1) is 19.4. The molecule has 6 nitrogen and oxygen atoms in total. The van der Waals surface area contributed by atoms with Gasteiger partial charge in [-0.15, -0.1) is 11.3 Å². The third-order valence-corrected chi connectivity index (χ3v) is 5.29. The van der Waals surface area contributed by atoms with Crippen LogP contribution in [-0.4, -0.2) is 59.3 Å². The average Bonchev–Trinajstić information content (AvgIpc) is 3.05. The van der Waals surface area contributed by atoms with Crippen LogP contribution in [0.5, 0.6) is 0 Å². The summed E-state index contributed by atoms with van der Waals surface area (Å²) < 4.78 is 13.1. The molecular weight excluding hydrogens is 367 g/mol. The maximum absolute atomic E-state index is 13.1. The normalized spacial score (nSPS) is 15.0. The van der Waals surface area contributed by atoms with Gasteiger partial charge >= 0.3 is 0 Å². The van der Waals surface area contributed by atoms with Crippen LogP contribution < -0.4 is 5.32 Å². The van der Waals surface area contributed by atoms with E-state index in [-0.39, 0.29) is 30.6 Å². The van der Waals surface area contributed by atoms with Gasteiger partial charge in [0.25, 0.3) is 0 Å². The van der Waals surface area contributed by atoms with Crippen molar-refractivity contribution in [3.8, 4) is 0 Å². The fraction of sp³-hybridized carbons (Fsp3) is 0.421. The summed E-state index contributed by atoms with van der Waals surface area (Å²) in [6.07, 6.45) is 0.0614. The molecule has 1 aliphatic rings. The zero-order valence-corrected chi connectivity index (χ0v) is 16.1. The minimum Gasteiger partial charge on any atom is -0.347 e. The molecule has 1 aromatic heterocycles. The Hall–Kier alpha value is -2.32. The molecule has 2 heterocycles. The van der Waals surface area contributed by atoms with E-state index in [1.807, 2.05) is 6.92 Å². The molecule has 1 aromatic carbocycles. The minimum absolute atomic E-state index is 0.0283. The van der Waals surface area contributed by atoms with Crippen molar-refractivity contribution in [1.29, 1.82) is 0 Å². The van der Waals surface area contributed by atoms with Crippen molar-refractivity contribution in [2.75, 3.05) is 32.7 Å². The smallest absolute Gasteiger partial charge is 0.242 e. The monoisotopic (exact) mass is 390 g/mol. The molecule has 0 aliphatic carbocycles. The lowest BCUT2D eigenvalue weighted by atomic mass is 10.1. The van der Waals surface area contributed by atoms with E-state index >= 15 is 0 Å². The zero-order chi connectivity index (χ0) is 19.2. The summed E-state index contributed by atoms with van der Waals surface area (Å²) in [7, 11) is 0. The first-order valence-electron chi connectivity index (χ1n) is 8.92. The lowest BCUT2D eigenvalue weighted by Gasteiger charge is -2.34. The second-order valence-electron chi connectivity index (χ2n) is 6.60. The van der Waals surface area contributed by atoms with Crippen LogP contribution in [0.4, 0.5) is 4.39 Å². The lowest BCUT2D eigenvalue weighted by Crippen LogP contribution is -2.51. The number of carbonyl (C=O) groups excluding carboxylic acids is 2. The molecule has 1 N–H and O–H groups in total. The molecule has 0 spiro atoms. The highest BCUT2D eigenvalue weighted by atomic mass is 32.1. The minimum atomic E-state index is -0.373. The van der Waals surface area contributed by atoms with Crippen molar-refractivity contribution in [3.63, 3.8) is 0 Å². The largest absolute Gasteiger partial charge is 0.347 e. The number of thiazole rings is 1. The molecule has 8 heteroatoms. The van der Waals surface area contributed by atoms with E-state index in [2.05, 4.69) is 20.6 Å². The number of nitrogens with zero attached hydrogens (tertiary/aromatic N) is 3. The Morgan fingerprint density at radius 1 is 1.26 bits per heavy atom. The summed E-state index contributed by atoms with van der Waals surface area (Å²) in [6.45, 7) is 5.63. The fourth-order valence-corrected chi connectivity index (χ4v) is 3.65. The van der Waals surface area contributed by atoms with E-state index < -0.39 is 0 Å². The summed E-state index contributed by atoms with van der Waals surface area (Å²) in [5.74, 6) is -0.750. The molecule has 0 radical (unpaired) electrons. The maximum atomic E-state index is 13.1. The Labute approximate surface area is 162 Å². The zero-order valence-electron chi connectivity index (χ0n) is 15.3. The highest BCUT2D eigenvalue weighted by Crippen LogP contribution is 2.12. The van der Waals surface area contributed by atoms with Crippen LogP contribution in [0.2, 0.25) is 0 Å². The SMILES string of the molecule is Cc1nc(CN2CCN(C(=O)CNC(=O)Cc3cccc(F)c3)CC2)cs1. The van der Waals surface area contributed by atoms with Crippen LogP contribution in [0.1, 0.15) is 16.3 Å². The van der Waals surface area contributed by atoms with E-state index in [9.17, 15) is 14.0 Å². The molecule has 0 atom stereocenters. The van der Waals surface area contributed by atoms with Crippen LogP contribution >= 0.6 is 11.3 Å². The van der Waals surface area contributed by atoms with Gasteiger partial charge in [0, 0.05) is 38.1 Å². The average molecular weight is 390 g/mol. The van der Waals surface area contributed by atoms with Crippen molar-refractivity contribution in [2.45, 2.75) is 19.9 Å². The molecule has 27 heavy (non-hydrogen) atoms. The molecule has 2 amide bonds. The van der Waals surface area contributed by atoms with Gasteiger partial charge in [0.05, 0.1) is 23.7 Å². The Morgan fingerprint density at radius 2 is 2.04 bits per heavy atom. The summed E-state index contributed by atoms with van der Waals surface area (Å²) in [5.41, 5.74) is 1.66. The van der Waals surface area contributed by atoms with Crippen molar-refractivity contribution in [2.24, 2.45) is 0 Å². The summed E-state index contributed by atoms with van der Waals surface area (Å²) in [5, 5.41) is 5.76. The number of benzene rings is 1. The maximum Gasteiger partial charge on any atom is 0.242 e. The molecule has 0 saturated carbocycles. The quantitative estimate of drug-likeness (QED) is 0.814. The van der Waals surface area contributed by atoms with Crippen molar-refractivity contribution in [3.05, 3.63) is 51.7 Å². The molecule has 2 aromatic rings. The molecule has 144 valence electrons. The van der Waals surface area contributed by atoms with E-state index in [0.29, 0.717) is 18.7 Å². The first-order chi connectivity index (χ1) is 13.0. The standard InChI is InChI=1S/C19H23FN4O2S/c1-14-22-17(13-27-14)12-23-5-7-24(8-6-23)19(26)11-21-18(25)10-15-3-2-4-16(20)9-15/h2-4,9,13H,5-8,10-12H2,1H3,(H,21,25). The number of halogens is 1. The van der Waals surface area contributed by atoms with Gasteiger partial charge in [-0.05, 0) is 24.6 Å². The van der Waals surface area contributed by atoms with Crippen LogP contribution in [0.15, 0.2) is 29.6 Å². The number of nitrogens with one attached hydrogen (secondary N) is 1. The molecule has 1 aliphatic heterocycles. The lowest BCUT2D eigenvalue weighted by molar-refractivity contribution is -0.134. The molecule has 1 fully saturated rings. The number of aromatic nitrogens is 1. The Morgan fingerprint density at radius 3 is 2.70 bits per heavy atom. The number of amides is 2. The van der Waals surface area contributed by atoms with Gasteiger partial charge in [0.15, 0.2) is 0 Å². The predicted molar refractivity (Wildman–Crippen MR) is 102 cm³/mol. The van der Waals surface area contributed by atoms with E-state index in [1.165, 1.54) is 12.1 Å². The number of hydrogen-bond donors (Lipinski definition) is 1. The summed E-state index contributed by atoms with van der Waals surface area (Å²) in [4.78, 5) is 32.8. The number of aryl methyl sites for hydroxylation is 1. The Balaban J connectivity index is 1.38. The summed E-state index contributed by atoms with van der Waals surface area (Å²) >= 11 is 1.65. The first-order valence-corrected chi connectivity index (χ1v) is 9.80. The second-order valence-corrected chi connectivity index (χ2v) is 7.66. The van der Waals surface area contributed by atoms with Crippen molar-refractivity contribution in [1.82, 2.24) is 20.1 Å². The molecular formula is C19H23FN4O2S. The van der Waals surface area contributed by atoms with Crippen LogP contribution in [-0.2, 0) is 22.6 Å². The van der Waals surface area contributed by atoms with Crippen molar-refractivity contribution < 1.29 is 14.0 Å². The number of hydrogen-bond acceptors (Lipinski definition) is 5. The third kappa shape index (κ3) is 5.83. The molecule has 3 rings (SSSR count). The third-order valence-electron chi connectivity index (χ3n) is 4.47. The van der Waals surface area contributed by atoms with E-state index in [4.69, 9.17) is 0 Å². The number of rotatable bonds is 6. The van der Waals surface area contributed by atoms with E-state index in [0.717, 1.165) is 30.3 Å². The highest BCUT2D eigenvalue weighted by Gasteiger charge is 2.21. The van der Waals surface area contributed by atoms with E-state index in [1.54, 1.807) is 28.4 Å². The Bertz CT molecular complexity index is 803. The second kappa shape index (κ2) is 9.05. The van der Waals surface area contributed by atoms with Gasteiger partial charge in [-0.3, -0.25) is 14.5 Å². The van der Waals surface area contributed by atoms with Crippen LogP contribution in [0.3, 0.4) is 0 Å². The topological polar surface area (TPSA) is 65.5 Å². The number of piperazine rings is 1. The number of carbonyl (C=O) groups is 2. The van der Waals surface area contributed by atoms with Gasteiger partial charge in [-0.1, -0.05) is 12.1 Å². The Kier molecular flexibility index (Phi) is 6.52.